The molecule has 1 aromatic heterocycles. The molecule has 0 saturated carbocycles. The normalized spacial score (nSPS) is 21.4. The van der Waals surface area contributed by atoms with Gasteiger partial charge in [0, 0.05) is 31.9 Å². The Morgan fingerprint density at radius 1 is 1.53 bits per heavy atom. The Hall–Kier alpha value is -1.20. The Labute approximate surface area is 102 Å². The van der Waals surface area contributed by atoms with Gasteiger partial charge in [0.2, 0.25) is 5.95 Å². The molecule has 2 rings (SSSR count). The first kappa shape index (κ1) is 12.3. The fourth-order valence-corrected chi connectivity index (χ4v) is 2.04. The number of hydrogen-bond acceptors (Lipinski definition) is 5. The second kappa shape index (κ2) is 5.42. The van der Waals surface area contributed by atoms with Crippen LogP contribution in [0.1, 0.15) is 24.7 Å². The molecule has 1 aromatic rings. The summed E-state index contributed by atoms with van der Waals surface area (Å²) < 4.78 is 5.62. The lowest BCUT2D eigenvalue weighted by Crippen LogP contribution is -2.32. The minimum Gasteiger partial charge on any atom is -0.377 e. The van der Waals surface area contributed by atoms with E-state index in [2.05, 4.69) is 21.8 Å². The Kier molecular flexibility index (Phi) is 3.91. The van der Waals surface area contributed by atoms with Gasteiger partial charge >= 0.3 is 0 Å². The lowest BCUT2D eigenvalue weighted by molar-refractivity contribution is 0.0820. The van der Waals surface area contributed by atoms with Gasteiger partial charge in [0.25, 0.3) is 0 Å². The summed E-state index contributed by atoms with van der Waals surface area (Å²) in [6.07, 6.45) is 1.24. The maximum absolute atomic E-state index is 5.64. The third-order valence-corrected chi connectivity index (χ3v) is 2.84. The van der Waals surface area contributed by atoms with E-state index in [1.165, 1.54) is 0 Å². The minimum absolute atomic E-state index is 0.225. The number of aromatic nitrogens is 2. The molecular formula is C12H20N4O. The van der Waals surface area contributed by atoms with E-state index in [9.17, 15) is 0 Å². The summed E-state index contributed by atoms with van der Waals surface area (Å²) in [4.78, 5) is 11.2. The molecule has 1 aliphatic heterocycles. The van der Waals surface area contributed by atoms with Crippen molar-refractivity contribution in [1.29, 1.82) is 0 Å². The molecule has 0 aliphatic carbocycles. The summed E-state index contributed by atoms with van der Waals surface area (Å²) in [5, 5.41) is 0. The molecule has 0 amide bonds. The maximum atomic E-state index is 5.64. The molecular weight excluding hydrogens is 216 g/mol. The van der Waals surface area contributed by atoms with Gasteiger partial charge < -0.3 is 15.4 Å². The Bertz CT molecular complexity index is 383. The topological polar surface area (TPSA) is 64.3 Å². The molecule has 1 aliphatic rings. The fourth-order valence-electron chi connectivity index (χ4n) is 2.04. The third-order valence-electron chi connectivity index (χ3n) is 2.84. The van der Waals surface area contributed by atoms with Crippen LogP contribution in [-0.4, -0.2) is 35.8 Å². The van der Waals surface area contributed by atoms with Crippen molar-refractivity contribution in [2.75, 3.05) is 24.6 Å². The lowest BCUT2D eigenvalue weighted by Gasteiger charge is -2.22. The van der Waals surface area contributed by atoms with E-state index >= 15 is 0 Å². The number of aryl methyl sites for hydroxylation is 1. The zero-order valence-electron chi connectivity index (χ0n) is 10.5. The van der Waals surface area contributed by atoms with Gasteiger partial charge in [0.15, 0.2) is 0 Å². The van der Waals surface area contributed by atoms with Crippen molar-refractivity contribution < 1.29 is 4.74 Å². The van der Waals surface area contributed by atoms with Crippen molar-refractivity contribution >= 4 is 5.95 Å². The predicted octanol–water partition coefficient (Wildman–Crippen LogP) is 0.859. The predicted molar refractivity (Wildman–Crippen MR) is 66.9 cm³/mol. The maximum Gasteiger partial charge on any atom is 0.225 e. The standard InChI is InChI=1S/C12H20N4O/c1-9-6-11(7-13)15-12(14-9)16-4-3-5-17-10(2)8-16/h6,10H,3-5,7-8,13H2,1-2H3. The van der Waals surface area contributed by atoms with Crippen LogP contribution in [0.3, 0.4) is 0 Å². The highest BCUT2D eigenvalue weighted by atomic mass is 16.5. The molecule has 94 valence electrons. The minimum atomic E-state index is 0.225. The first-order valence-electron chi connectivity index (χ1n) is 6.10. The highest BCUT2D eigenvalue weighted by Crippen LogP contribution is 2.14. The molecule has 5 heteroatoms. The van der Waals surface area contributed by atoms with Crippen LogP contribution in [0.25, 0.3) is 0 Å². The van der Waals surface area contributed by atoms with Crippen LogP contribution in [0.5, 0.6) is 0 Å². The summed E-state index contributed by atoms with van der Waals surface area (Å²) >= 11 is 0. The third kappa shape index (κ3) is 3.14. The van der Waals surface area contributed by atoms with Crippen molar-refractivity contribution in [2.24, 2.45) is 5.73 Å². The van der Waals surface area contributed by atoms with Gasteiger partial charge in [0.1, 0.15) is 0 Å². The van der Waals surface area contributed by atoms with Gasteiger partial charge in [-0.3, -0.25) is 0 Å². The monoisotopic (exact) mass is 236 g/mol. The zero-order valence-corrected chi connectivity index (χ0v) is 10.5. The average molecular weight is 236 g/mol. The molecule has 1 saturated heterocycles. The molecule has 0 radical (unpaired) electrons. The van der Waals surface area contributed by atoms with Crippen molar-refractivity contribution in [3.05, 3.63) is 17.5 Å². The van der Waals surface area contributed by atoms with Crippen molar-refractivity contribution in [3.8, 4) is 0 Å². The van der Waals surface area contributed by atoms with E-state index in [4.69, 9.17) is 10.5 Å². The molecule has 2 heterocycles. The Balaban J connectivity index is 2.22. The van der Waals surface area contributed by atoms with Gasteiger partial charge in [-0.05, 0) is 26.3 Å². The first-order chi connectivity index (χ1) is 8.19. The van der Waals surface area contributed by atoms with Crippen molar-refractivity contribution in [1.82, 2.24) is 9.97 Å². The Morgan fingerprint density at radius 3 is 3.12 bits per heavy atom. The smallest absolute Gasteiger partial charge is 0.225 e. The molecule has 1 unspecified atom stereocenters. The Morgan fingerprint density at radius 2 is 2.35 bits per heavy atom. The number of nitrogens with zero attached hydrogens (tertiary/aromatic N) is 3. The number of ether oxygens (including phenoxy) is 1. The van der Waals surface area contributed by atoms with Crippen LogP contribution < -0.4 is 10.6 Å². The van der Waals surface area contributed by atoms with Gasteiger partial charge in [-0.1, -0.05) is 0 Å². The SMILES string of the molecule is Cc1cc(CN)nc(N2CCCOC(C)C2)n1. The van der Waals surface area contributed by atoms with Gasteiger partial charge in [-0.2, -0.15) is 0 Å². The van der Waals surface area contributed by atoms with Crippen molar-refractivity contribution in [2.45, 2.75) is 32.9 Å². The molecule has 0 spiro atoms. The molecule has 0 aromatic carbocycles. The van der Waals surface area contributed by atoms with E-state index in [-0.39, 0.29) is 6.10 Å². The molecule has 1 fully saturated rings. The van der Waals surface area contributed by atoms with Crippen LogP contribution in [0.4, 0.5) is 5.95 Å². The van der Waals surface area contributed by atoms with Crippen LogP contribution in [0.15, 0.2) is 6.07 Å². The summed E-state index contributed by atoms with van der Waals surface area (Å²) in [7, 11) is 0. The number of nitrogens with two attached hydrogens (primary N) is 1. The fraction of sp³-hybridized carbons (Fsp3) is 0.667. The van der Waals surface area contributed by atoms with E-state index in [1.54, 1.807) is 0 Å². The second-order valence-corrected chi connectivity index (χ2v) is 4.49. The molecule has 2 N–H and O–H groups in total. The van der Waals surface area contributed by atoms with E-state index < -0.39 is 0 Å². The lowest BCUT2D eigenvalue weighted by atomic mass is 10.3. The quantitative estimate of drug-likeness (QED) is 0.825. The summed E-state index contributed by atoms with van der Waals surface area (Å²) in [6.45, 7) is 7.11. The molecule has 0 bridgehead atoms. The number of rotatable bonds is 2. The second-order valence-electron chi connectivity index (χ2n) is 4.49. The molecule has 1 atom stereocenters. The van der Waals surface area contributed by atoms with Crippen LogP contribution >= 0.6 is 0 Å². The van der Waals surface area contributed by atoms with Gasteiger partial charge in [-0.25, -0.2) is 9.97 Å². The van der Waals surface area contributed by atoms with Crippen molar-refractivity contribution in [3.63, 3.8) is 0 Å². The van der Waals surface area contributed by atoms with Crippen LogP contribution in [-0.2, 0) is 11.3 Å². The summed E-state index contributed by atoms with van der Waals surface area (Å²) in [5.74, 6) is 0.780. The van der Waals surface area contributed by atoms with Gasteiger partial charge in [-0.15, -0.1) is 0 Å². The summed E-state index contributed by atoms with van der Waals surface area (Å²) in [6, 6.07) is 1.93. The van der Waals surface area contributed by atoms with E-state index in [0.717, 1.165) is 43.5 Å². The summed E-state index contributed by atoms with van der Waals surface area (Å²) in [5.41, 5.74) is 7.50. The first-order valence-corrected chi connectivity index (χ1v) is 6.10. The van der Waals surface area contributed by atoms with Crippen LogP contribution in [0.2, 0.25) is 0 Å². The van der Waals surface area contributed by atoms with E-state index in [1.807, 2.05) is 13.0 Å². The van der Waals surface area contributed by atoms with E-state index in [0.29, 0.717) is 6.54 Å². The van der Waals surface area contributed by atoms with Crippen LogP contribution in [0, 0.1) is 6.92 Å². The highest BCUT2D eigenvalue weighted by Gasteiger charge is 2.17. The zero-order chi connectivity index (χ0) is 12.3. The van der Waals surface area contributed by atoms with Gasteiger partial charge in [0.05, 0.1) is 11.8 Å². The largest absolute Gasteiger partial charge is 0.377 e. The highest BCUT2D eigenvalue weighted by molar-refractivity contribution is 5.32. The molecule has 17 heavy (non-hydrogen) atoms. The number of anilines is 1. The number of hydrogen-bond donors (Lipinski definition) is 1. The average Bonchev–Trinajstić information content (AvgIpc) is 2.53. The molecule has 5 nitrogen and oxygen atoms in total.